The van der Waals surface area contributed by atoms with Gasteiger partial charge in [-0.25, -0.2) is 0 Å². The van der Waals surface area contributed by atoms with Crippen LogP contribution in [0.15, 0.2) is 85.4 Å². The van der Waals surface area contributed by atoms with Crippen LogP contribution in [0.5, 0.6) is 0 Å². The molecular formula is C24H20N2O2. The van der Waals surface area contributed by atoms with E-state index in [1.807, 2.05) is 72.8 Å². The summed E-state index contributed by atoms with van der Waals surface area (Å²) in [5.74, 6) is -0.232. The number of hydrogen-bond acceptors (Lipinski definition) is 2. The van der Waals surface area contributed by atoms with Crippen LogP contribution in [0.4, 0.5) is 5.69 Å². The van der Waals surface area contributed by atoms with E-state index in [-0.39, 0.29) is 18.2 Å². The second kappa shape index (κ2) is 7.53. The molecule has 0 saturated heterocycles. The molecule has 2 amide bonds. The van der Waals surface area contributed by atoms with E-state index < -0.39 is 0 Å². The van der Waals surface area contributed by atoms with Crippen molar-refractivity contribution in [3.05, 3.63) is 96.6 Å². The van der Waals surface area contributed by atoms with Gasteiger partial charge in [-0.3, -0.25) is 9.59 Å². The lowest BCUT2D eigenvalue weighted by molar-refractivity contribution is -0.116. The van der Waals surface area contributed by atoms with Gasteiger partial charge in [0.25, 0.3) is 5.91 Å². The molecule has 0 fully saturated rings. The second-order valence-corrected chi connectivity index (χ2v) is 6.69. The quantitative estimate of drug-likeness (QED) is 0.703. The fraction of sp³-hybridized carbons (Fsp3) is 0.0833. The van der Waals surface area contributed by atoms with E-state index in [0.29, 0.717) is 17.8 Å². The Morgan fingerprint density at radius 3 is 2.11 bits per heavy atom. The van der Waals surface area contributed by atoms with Gasteiger partial charge in [0.2, 0.25) is 5.91 Å². The maximum Gasteiger partial charge on any atom is 0.258 e. The highest BCUT2D eigenvalue weighted by molar-refractivity contribution is 6.09. The van der Waals surface area contributed by atoms with E-state index in [1.165, 1.54) is 0 Å². The number of amides is 2. The first-order valence-corrected chi connectivity index (χ1v) is 9.19. The molecule has 3 aromatic carbocycles. The van der Waals surface area contributed by atoms with Crippen molar-refractivity contribution in [1.29, 1.82) is 0 Å². The van der Waals surface area contributed by atoms with Crippen molar-refractivity contribution < 1.29 is 9.59 Å². The van der Waals surface area contributed by atoms with Crippen LogP contribution in [0.3, 0.4) is 0 Å². The Balaban J connectivity index is 1.35. The number of carbonyl (C=O) groups is 2. The summed E-state index contributed by atoms with van der Waals surface area (Å²) in [4.78, 5) is 26.4. The van der Waals surface area contributed by atoms with E-state index in [9.17, 15) is 9.59 Å². The van der Waals surface area contributed by atoms with Crippen molar-refractivity contribution in [2.24, 2.45) is 0 Å². The number of benzene rings is 3. The molecule has 1 heterocycles. The molecule has 0 radical (unpaired) electrons. The highest BCUT2D eigenvalue weighted by atomic mass is 16.2. The molecule has 0 unspecified atom stereocenters. The predicted molar refractivity (Wildman–Crippen MR) is 112 cm³/mol. The Kier molecular flexibility index (Phi) is 4.77. The third-order valence-electron chi connectivity index (χ3n) is 4.88. The minimum absolute atomic E-state index is 0.0967. The lowest BCUT2D eigenvalue weighted by atomic mass is 10.1. The highest BCUT2D eigenvalue weighted by Gasteiger charge is 2.30. The molecular weight excluding hydrogens is 348 g/mol. The van der Waals surface area contributed by atoms with Crippen molar-refractivity contribution in [1.82, 2.24) is 4.90 Å². The topological polar surface area (TPSA) is 49.4 Å². The Labute approximate surface area is 164 Å². The zero-order valence-corrected chi connectivity index (χ0v) is 15.4. The smallest absolute Gasteiger partial charge is 0.258 e. The van der Waals surface area contributed by atoms with Crippen LogP contribution >= 0.6 is 0 Å². The first-order chi connectivity index (χ1) is 13.6. The molecule has 4 rings (SSSR count). The summed E-state index contributed by atoms with van der Waals surface area (Å²) in [7, 11) is 0. The minimum atomic E-state index is -0.135. The largest absolute Gasteiger partial charge is 0.326 e. The second-order valence-electron chi connectivity index (χ2n) is 6.69. The molecule has 3 aromatic rings. The molecule has 1 aliphatic rings. The summed E-state index contributed by atoms with van der Waals surface area (Å²) in [6, 6.07) is 25.2. The fourth-order valence-corrected chi connectivity index (χ4v) is 3.38. The van der Waals surface area contributed by atoms with Crippen molar-refractivity contribution in [3.8, 4) is 11.1 Å². The van der Waals surface area contributed by atoms with Crippen LogP contribution in [-0.4, -0.2) is 23.3 Å². The van der Waals surface area contributed by atoms with E-state index in [0.717, 1.165) is 22.4 Å². The van der Waals surface area contributed by atoms with E-state index in [2.05, 4.69) is 11.9 Å². The Bertz CT molecular complexity index is 1000. The molecule has 1 aliphatic heterocycles. The lowest BCUT2D eigenvalue weighted by Gasteiger charge is -2.17. The molecule has 28 heavy (non-hydrogen) atoms. The molecule has 0 spiro atoms. The number of anilines is 1. The number of rotatable bonds is 5. The molecule has 0 atom stereocenters. The van der Waals surface area contributed by atoms with Crippen LogP contribution in [-0.2, 0) is 4.79 Å². The fourth-order valence-electron chi connectivity index (χ4n) is 3.38. The summed E-state index contributed by atoms with van der Waals surface area (Å²) in [6.07, 6.45) is 0.208. The summed E-state index contributed by atoms with van der Waals surface area (Å²) in [5.41, 5.74) is 5.09. The Morgan fingerprint density at radius 1 is 0.821 bits per heavy atom. The zero-order chi connectivity index (χ0) is 19.5. The molecule has 0 aromatic heterocycles. The van der Waals surface area contributed by atoms with Gasteiger partial charge in [0.1, 0.15) is 0 Å². The number of nitrogens with one attached hydrogen (secondary N) is 1. The molecule has 1 N–H and O–H groups in total. The number of hydrogen-bond donors (Lipinski definition) is 1. The van der Waals surface area contributed by atoms with E-state index in [1.54, 1.807) is 11.0 Å². The standard InChI is InChI=1S/C24H20N2O2/c1-17-21-9-5-6-10-22(21)24(28)26(17)16-15-23(27)25-20-13-11-19(12-14-20)18-7-3-2-4-8-18/h2-14H,1,15-16H2,(H,25,27). The van der Waals surface area contributed by atoms with Crippen molar-refractivity contribution >= 4 is 23.2 Å². The van der Waals surface area contributed by atoms with Crippen molar-refractivity contribution in [2.45, 2.75) is 6.42 Å². The number of carbonyl (C=O) groups excluding carboxylic acids is 2. The maximum absolute atomic E-state index is 12.5. The molecule has 0 aliphatic carbocycles. The average molecular weight is 368 g/mol. The van der Waals surface area contributed by atoms with E-state index >= 15 is 0 Å². The lowest BCUT2D eigenvalue weighted by Crippen LogP contribution is -2.27. The van der Waals surface area contributed by atoms with Gasteiger partial charge >= 0.3 is 0 Å². The summed E-state index contributed by atoms with van der Waals surface area (Å²) >= 11 is 0. The third kappa shape index (κ3) is 3.45. The third-order valence-corrected chi connectivity index (χ3v) is 4.88. The zero-order valence-electron chi connectivity index (χ0n) is 15.4. The van der Waals surface area contributed by atoms with Gasteiger partial charge in [-0.2, -0.15) is 0 Å². The highest BCUT2D eigenvalue weighted by Crippen LogP contribution is 2.31. The number of nitrogens with zero attached hydrogens (tertiary/aromatic N) is 1. The van der Waals surface area contributed by atoms with Crippen LogP contribution in [0.1, 0.15) is 22.3 Å². The summed E-state index contributed by atoms with van der Waals surface area (Å²) in [6.45, 7) is 4.31. The average Bonchev–Trinajstić information content (AvgIpc) is 2.98. The summed E-state index contributed by atoms with van der Waals surface area (Å²) in [5, 5.41) is 2.89. The SMILES string of the molecule is C=C1c2ccccc2C(=O)N1CCC(=O)Nc1ccc(-c2ccccc2)cc1. The van der Waals surface area contributed by atoms with Crippen LogP contribution in [0.2, 0.25) is 0 Å². The van der Waals surface area contributed by atoms with Crippen molar-refractivity contribution in [3.63, 3.8) is 0 Å². The van der Waals surface area contributed by atoms with Crippen LogP contribution in [0.25, 0.3) is 16.8 Å². The molecule has 0 saturated carbocycles. The Morgan fingerprint density at radius 2 is 1.43 bits per heavy atom. The normalized spacial score (nSPS) is 12.8. The number of fused-ring (bicyclic) bond motifs is 1. The van der Waals surface area contributed by atoms with Crippen LogP contribution in [0, 0.1) is 0 Å². The Hall–Kier alpha value is -3.66. The van der Waals surface area contributed by atoms with Gasteiger partial charge in [0.15, 0.2) is 0 Å². The van der Waals surface area contributed by atoms with Crippen molar-refractivity contribution in [2.75, 3.05) is 11.9 Å². The first kappa shape index (κ1) is 17.7. The predicted octanol–water partition coefficient (Wildman–Crippen LogP) is 4.81. The van der Waals surface area contributed by atoms with E-state index in [4.69, 9.17) is 0 Å². The first-order valence-electron chi connectivity index (χ1n) is 9.19. The van der Waals surface area contributed by atoms with Gasteiger partial charge in [-0.1, -0.05) is 67.2 Å². The molecule has 4 nitrogen and oxygen atoms in total. The molecule has 138 valence electrons. The van der Waals surface area contributed by atoms with Gasteiger partial charge in [-0.15, -0.1) is 0 Å². The van der Waals surface area contributed by atoms with Gasteiger partial charge < -0.3 is 10.2 Å². The molecule has 4 heteroatoms. The maximum atomic E-state index is 12.5. The molecule has 0 bridgehead atoms. The minimum Gasteiger partial charge on any atom is -0.326 e. The van der Waals surface area contributed by atoms with Gasteiger partial charge in [0, 0.05) is 35.5 Å². The summed E-state index contributed by atoms with van der Waals surface area (Å²) < 4.78 is 0. The van der Waals surface area contributed by atoms with Gasteiger partial charge in [0.05, 0.1) is 0 Å². The van der Waals surface area contributed by atoms with Gasteiger partial charge in [-0.05, 0) is 29.3 Å². The monoisotopic (exact) mass is 368 g/mol. The van der Waals surface area contributed by atoms with Crippen LogP contribution < -0.4 is 5.32 Å².